The SMILES string of the molecule is CC(C)Oc1ccc(-c2nc(-c3ccc4c(c3)OCCN(CC(=O)O)C4)no2)cc1Cl. The first-order valence-corrected chi connectivity index (χ1v) is 10.3. The molecule has 2 heterocycles. The fourth-order valence-corrected chi connectivity index (χ4v) is 3.56. The first-order valence-electron chi connectivity index (χ1n) is 9.89. The number of hydrogen-bond donors (Lipinski definition) is 1. The second kappa shape index (κ2) is 8.95. The van der Waals surface area contributed by atoms with Crippen molar-refractivity contribution in [2.24, 2.45) is 0 Å². The summed E-state index contributed by atoms with van der Waals surface area (Å²) < 4.78 is 16.9. The standard InChI is InChI=1S/C22H22ClN3O5/c1-13(2)30-18-6-5-15(9-17(18)23)22-24-21(25-31-22)14-3-4-16-11-26(12-20(27)28)7-8-29-19(16)10-14/h3-6,9-10,13H,7-8,11-12H2,1-2H3,(H,27,28). The molecule has 2 aromatic carbocycles. The number of carboxylic acids is 1. The second-order valence-corrected chi connectivity index (χ2v) is 7.92. The fraction of sp³-hybridized carbons (Fsp3) is 0.318. The average Bonchev–Trinajstić information content (AvgIpc) is 3.11. The largest absolute Gasteiger partial charge is 0.492 e. The van der Waals surface area contributed by atoms with Gasteiger partial charge in [-0.05, 0) is 38.1 Å². The van der Waals surface area contributed by atoms with Crippen LogP contribution in [0, 0.1) is 0 Å². The highest BCUT2D eigenvalue weighted by molar-refractivity contribution is 6.32. The molecule has 0 saturated heterocycles. The van der Waals surface area contributed by atoms with Crippen molar-refractivity contribution in [3.8, 4) is 34.3 Å². The predicted molar refractivity (Wildman–Crippen MR) is 114 cm³/mol. The van der Waals surface area contributed by atoms with Crippen molar-refractivity contribution >= 4 is 17.6 Å². The molecule has 8 nitrogen and oxygen atoms in total. The third-order valence-electron chi connectivity index (χ3n) is 4.71. The van der Waals surface area contributed by atoms with Gasteiger partial charge in [-0.1, -0.05) is 28.9 Å². The van der Waals surface area contributed by atoms with Crippen LogP contribution in [0.2, 0.25) is 5.02 Å². The van der Waals surface area contributed by atoms with E-state index in [-0.39, 0.29) is 12.6 Å². The number of carbonyl (C=O) groups is 1. The minimum Gasteiger partial charge on any atom is -0.492 e. The van der Waals surface area contributed by atoms with E-state index in [1.807, 2.05) is 43.0 Å². The Morgan fingerprint density at radius 1 is 1.26 bits per heavy atom. The number of benzene rings is 2. The second-order valence-electron chi connectivity index (χ2n) is 7.51. The summed E-state index contributed by atoms with van der Waals surface area (Å²) in [5.74, 6) is 1.20. The smallest absolute Gasteiger partial charge is 0.317 e. The Kier molecular flexibility index (Phi) is 6.11. The zero-order valence-electron chi connectivity index (χ0n) is 17.2. The topological polar surface area (TPSA) is 97.9 Å². The van der Waals surface area contributed by atoms with E-state index in [9.17, 15) is 4.79 Å². The Morgan fingerprint density at radius 2 is 2.06 bits per heavy atom. The molecule has 0 atom stereocenters. The van der Waals surface area contributed by atoms with E-state index >= 15 is 0 Å². The van der Waals surface area contributed by atoms with Gasteiger partial charge in [-0.25, -0.2) is 0 Å². The molecule has 0 amide bonds. The molecule has 0 spiro atoms. The van der Waals surface area contributed by atoms with Crippen LogP contribution in [0.15, 0.2) is 40.9 Å². The van der Waals surface area contributed by atoms with Gasteiger partial charge in [0.05, 0.1) is 17.7 Å². The van der Waals surface area contributed by atoms with Crippen LogP contribution in [0.5, 0.6) is 11.5 Å². The van der Waals surface area contributed by atoms with Gasteiger partial charge in [-0.3, -0.25) is 9.69 Å². The van der Waals surface area contributed by atoms with Crippen LogP contribution in [0.3, 0.4) is 0 Å². The Morgan fingerprint density at radius 3 is 2.81 bits per heavy atom. The Balaban J connectivity index is 1.55. The summed E-state index contributed by atoms with van der Waals surface area (Å²) in [7, 11) is 0. The van der Waals surface area contributed by atoms with E-state index in [2.05, 4.69) is 10.1 Å². The molecule has 0 aliphatic carbocycles. The van der Waals surface area contributed by atoms with Crippen LogP contribution in [-0.4, -0.2) is 51.9 Å². The highest BCUT2D eigenvalue weighted by Crippen LogP contribution is 2.33. The normalized spacial score (nSPS) is 14.1. The molecular formula is C22H22ClN3O5. The van der Waals surface area contributed by atoms with Crippen LogP contribution in [0.4, 0.5) is 0 Å². The number of halogens is 1. The predicted octanol–water partition coefficient (Wildman–Crippen LogP) is 4.12. The van der Waals surface area contributed by atoms with Gasteiger partial charge in [0.15, 0.2) is 0 Å². The number of ether oxygens (including phenoxy) is 2. The van der Waals surface area contributed by atoms with E-state index in [1.54, 1.807) is 12.1 Å². The molecule has 1 aliphatic rings. The molecular weight excluding hydrogens is 422 g/mol. The summed E-state index contributed by atoms with van der Waals surface area (Å²) in [4.78, 5) is 17.3. The van der Waals surface area contributed by atoms with E-state index in [1.165, 1.54) is 0 Å². The molecule has 0 radical (unpaired) electrons. The van der Waals surface area contributed by atoms with E-state index in [0.29, 0.717) is 53.5 Å². The summed E-state index contributed by atoms with van der Waals surface area (Å²) in [5, 5.41) is 13.6. The average molecular weight is 444 g/mol. The maximum atomic E-state index is 11.0. The lowest BCUT2D eigenvalue weighted by Crippen LogP contribution is -2.31. The van der Waals surface area contributed by atoms with Crippen molar-refractivity contribution < 1.29 is 23.9 Å². The number of carboxylic acid groups (broad SMARTS) is 1. The van der Waals surface area contributed by atoms with Gasteiger partial charge in [-0.2, -0.15) is 4.98 Å². The number of hydrogen-bond acceptors (Lipinski definition) is 7. The van der Waals surface area contributed by atoms with E-state index in [4.69, 9.17) is 30.7 Å². The molecule has 0 fully saturated rings. The van der Waals surface area contributed by atoms with Crippen molar-refractivity contribution in [1.29, 1.82) is 0 Å². The third-order valence-corrected chi connectivity index (χ3v) is 5.01. The van der Waals surface area contributed by atoms with Gasteiger partial charge in [0.2, 0.25) is 5.82 Å². The number of aliphatic carboxylic acids is 1. The monoisotopic (exact) mass is 443 g/mol. The van der Waals surface area contributed by atoms with Gasteiger partial charge < -0.3 is 19.1 Å². The van der Waals surface area contributed by atoms with Crippen molar-refractivity contribution in [3.63, 3.8) is 0 Å². The van der Waals surface area contributed by atoms with Gasteiger partial charge in [0, 0.05) is 29.8 Å². The van der Waals surface area contributed by atoms with Crippen LogP contribution in [-0.2, 0) is 11.3 Å². The minimum atomic E-state index is -0.858. The highest BCUT2D eigenvalue weighted by atomic mass is 35.5. The molecule has 31 heavy (non-hydrogen) atoms. The molecule has 162 valence electrons. The molecule has 0 unspecified atom stereocenters. The summed E-state index contributed by atoms with van der Waals surface area (Å²) >= 11 is 6.31. The maximum Gasteiger partial charge on any atom is 0.317 e. The van der Waals surface area contributed by atoms with E-state index in [0.717, 1.165) is 11.1 Å². The summed E-state index contributed by atoms with van der Waals surface area (Å²) in [6.07, 6.45) is 0.0185. The molecule has 0 saturated carbocycles. The molecule has 4 rings (SSSR count). The highest BCUT2D eigenvalue weighted by Gasteiger charge is 2.19. The van der Waals surface area contributed by atoms with Crippen LogP contribution < -0.4 is 9.47 Å². The van der Waals surface area contributed by atoms with Crippen LogP contribution >= 0.6 is 11.6 Å². The van der Waals surface area contributed by atoms with Crippen LogP contribution in [0.1, 0.15) is 19.4 Å². The first-order chi connectivity index (χ1) is 14.9. The minimum absolute atomic E-state index is 0.0185. The zero-order valence-corrected chi connectivity index (χ0v) is 17.9. The lowest BCUT2D eigenvalue weighted by Gasteiger charge is -2.16. The molecule has 1 aromatic heterocycles. The first kappa shape index (κ1) is 21.1. The molecule has 9 heteroatoms. The molecule has 1 N–H and O–H groups in total. The summed E-state index contributed by atoms with van der Waals surface area (Å²) in [6, 6.07) is 10.9. The molecule has 3 aromatic rings. The quantitative estimate of drug-likeness (QED) is 0.607. The van der Waals surface area contributed by atoms with Crippen LogP contribution in [0.25, 0.3) is 22.8 Å². The lowest BCUT2D eigenvalue weighted by molar-refractivity contribution is -0.138. The Hall–Kier alpha value is -3.10. The number of fused-ring (bicyclic) bond motifs is 1. The van der Waals surface area contributed by atoms with Crippen molar-refractivity contribution in [2.45, 2.75) is 26.5 Å². The summed E-state index contributed by atoms with van der Waals surface area (Å²) in [6.45, 7) is 5.29. The van der Waals surface area contributed by atoms with Crippen molar-refractivity contribution in [1.82, 2.24) is 15.0 Å². The Labute approximate surface area is 184 Å². The van der Waals surface area contributed by atoms with Gasteiger partial charge in [-0.15, -0.1) is 0 Å². The van der Waals surface area contributed by atoms with Gasteiger partial charge >= 0.3 is 5.97 Å². The lowest BCUT2D eigenvalue weighted by atomic mass is 10.1. The molecule has 0 bridgehead atoms. The number of aromatic nitrogens is 2. The van der Waals surface area contributed by atoms with Gasteiger partial charge in [0.1, 0.15) is 18.1 Å². The molecule has 1 aliphatic heterocycles. The third kappa shape index (κ3) is 4.98. The Bertz CT molecular complexity index is 1100. The zero-order chi connectivity index (χ0) is 22.0. The number of nitrogens with zero attached hydrogens (tertiary/aromatic N) is 3. The number of rotatable bonds is 6. The van der Waals surface area contributed by atoms with E-state index < -0.39 is 5.97 Å². The van der Waals surface area contributed by atoms with Crippen molar-refractivity contribution in [3.05, 3.63) is 47.0 Å². The van der Waals surface area contributed by atoms with Gasteiger partial charge in [0.25, 0.3) is 5.89 Å². The fourth-order valence-electron chi connectivity index (χ4n) is 3.33. The summed E-state index contributed by atoms with van der Waals surface area (Å²) in [5.41, 5.74) is 2.35. The van der Waals surface area contributed by atoms with Crippen molar-refractivity contribution in [2.75, 3.05) is 19.7 Å². The maximum absolute atomic E-state index is 11.0.